The van der Waals surface area contributed by atoms with Crippen LogP contribution in [0.25, 0.3) is 0 Å². The molecular weight excluding hydrogens is 1260 g/mol. The first-order valence-electron chi connectivity index (χ1n) is 39.9. The molecule has 0 saturated heterocycles. The Morgan fingerprint density at radius 3 is 0.792 bits per heavy atom. The van der Waals surface area contributed by atoms with Gasteiger partial charge in [-0.05, 0) is 43.4 Å². The highest BCUT2D eigenvalue weighted by Gasteiger charge is 2.30. The Labute approximate surface area is 588 Å². The average Bonchev–Trinajstić information content (AvgIpc) is 1.60. The second-order valence-corrected chi connectivity index (χ2v) is 31.8. The molecule has 0 aromatic carbocycles. The first kappa shape index (κ1) is 94.1. The number of rotatable bonds is 75. The van der Waals surface area contributed by atoms with Gasteiger partial charge in [0.25, 0.3) is 0 Å². The molecule has 0 spiro atoms. The van der Waals surface area contributed by atoms with Gasteiger partial charge in [-0.25, -0.2) is 9.13 Å². The summed E-state index contributed by atoms with van der Waals surface area (Å²) in [6, 6.07) is 0. The normalized spacial score (nSPS) is 14.3. The number of carbonyl (C=O) groups is 4. The van der Waals surface area contributed by atoms with Gasteiger partial charge >= 0.3 is 39.5 Å². The molecule has 0 amide bonds. The Balaban J connectivity index is 5.18. The number of hydrogen-bond acceptors (Lipinski definition) is 15. The highest BCUT2D eigenvalue weighted by atomic mass is 31.2. The summed E-state index contributed by atoms with van der Waals surface area (Å²) in [6.07, 6.45) is 54.4. The number of phosphoric acid groups is 2. The van der Waals surface area contributed by atoms with Crippen molar-refractivity contribution >= 4 is 39.5 Å². The Kier molecular flexibility index (Phi) is 66.2. The molecule has 0 aliphatic rings. The number of aliphatic hydroxyl groups is 1. The van der Waals surface area contributed by atoms with Gasteiger partial charge in [0.1, 0.15) is 19.3 Å². The van der Waals surface area contributed by atoms with Crippen LogP contribution >= 0.6 is 15.6 Å². The first-order chi connectivity index (χ1) is 46.3. The fourth-order valence-corrected chi connectivity index (χ4v) is 13.3. The summed E-state index contributed by atoms with van der Waals surface area (Å²) in [6.45, 7) is 11.8. The summed E-state index contributed by atoms with van der Waals surface area (Å²) in [5.74, 6) is 0.148. The van der Waals surface area contributed by atoms with E-state index in [-0.39, 0.29) is 25.7 Å². The van der Waals surface area contributed by atoms with E-state index in [1.54, 1.807) is 0 Å². The zero-order chi connectivity index (χ0) is 70.9. The number of aliphatic hydroxyl groups excluding tert-OH is 1. The number of ether oxygens (including phenoxy) is 4. The number of hydrogen-bond donors (Lipinski definition) is 3. The van der Waals surface area contributed by atoms with E-state index in [0.717, 1.165) is 108 Å². The van der Waals surface area contributed by atoms with Crippen molar-refractivity contribution < 1.29 is 80.2 Å². The van der Waals surface area contributed by atoms with E-state index in [9.17, 15) is 43.2 Å². The maximum absolute atomic E-state index is 13.1. The summed E-state index contributed by atoms with van der Waals surface area (Å²) < 4.78 is 68.5. The van der Waals surface area contributed by atoms with Gasteiger partial charge in [-0.2, -0.15) is 0 Å². The van der Waals surface area contributed by atoms with Crippen LogP contribution in [0, 0.1) is 17.8 Å². The molecule has 570 valence electrons. The molecular formula is C77H150O17P2. The quantitative estimate of drug-likeness (QED) is 0.0222. The van der Waals surface area contributed by atoms with Crippen LogP contribution < -0.4 is 0 Å². The van der Waals surface area contributed by atoms with Gasteiger partial charge in [-0.3, -0.25) is 37.3 Å². The van der Waals surface area contributed by atoms with Gasteiger partial charge in [0.15, 0.2) is 12.2 Å². The minimum Gasteiger partial charge on any atom is -0.462 e. The predicted molar refractivity (Wildman–Crippen MR) is 391 cm³/mol. The van der Waals surface area contributed by atoms with Gasteiger partial charge < -0.3 is 33.8 Å². The molecule has 0 aliphatic carbocycles. The van der Waals surface area contributed by atoms with Gasteiger partial charge in [0.05, 0.1) is 26.4 Å². The molecule has 96 heavy (non-hydrogen) atoms. The van der Waals surface area contributed by atoms with Crippen molar-refractivity contribution in [1.82, 2.24) is 0 Å². The van der Waals surface area contributed by atoms with Crippen molar-refractivity contribution in [3.8, 4) is 0 Å². The maximum Gasteiger partial charge on any atom is 0.472 e. The van der Waals surface area contributed by atoms with E-state index in [0.29, 0.717) is 31.6 Å². The molecule has 3 N–H and O–H groups in total. The lowest BCUT2D eigenvalue weighted by Crippen LogP contribution is -2.30. The first-order valence-corrected chi connectivity index (χ1v) is 42.9. The Morgan fingerprint density at radius 1 is 0.302 bits per heavy atom. The SMILES string of the molecule is CCCCCCCCCCCCCCCCC(=O)OC[C@H](COP(=O)(O)OC[C@@H](O)COP(=O)(O)OC[C@@H](COC(=O)CCCCCCCCC(C)C)OC(=O)CCCCCCCCCCC(C)C)OC(=O)CCCCCCCCCCCCCCCCCCCCC(C)CC. The number of unbranched alkanes of at least 4 members (excludes halogenated alkanes) is 42. The van der Waals surface area contributed by atoms with E-state index < -0.39 is 97.5 Å². The maximum atomic E-state index is 13.1. The number of esters is 4. The Hall–Kier alpha value is -1.94. The van der Waals surface area contributed by atoms with Crippen molar-refractivity contribution in [2.75, 3.05) is 39.6 Å². The highest BCUT2D eigenvalue weighted by molar-refractivity contribution is 7.47. The summed E-state index contributed by atoms with van der Waals surface area (Å²) in [4.78, 5) is 72.7. The monoisotopic (exact) mass is 1410 g/mol. The lowest BCUT2D eigenvalue weighted by atomic mass is 9.99. The van der Waals surface area contributed by atoms with Crippen LogP contribution in [0.4, 0.5) is 0 Å². The summed E-state index contributed by atoms with van der Waals surface area (Å²) in [5, 5.41) is 10.6. The fourth-order valence-electron chi connectivity index (χ4n) is 11.7. The summed E-state index contributed by atoms with van der Waals surface area (Å²) in [7, 11) is -9.91. The van der Waals surface area contributed by atoms with Crippen molar-refractivity contribution in [3.63, 3.8) is 0 Å². The predicted octanol–water partition coefficient (Wildman–Crippen LogP) is 22.6. The van der Waals surface area contributed by atoms with Crippen molar-refractivity contribution in [2.45, 2.75) is 414 Å². The molecule has 0 bridgehead atoms. The molecule has 3 unspecified atom stereocenters. The number of carbonyl (C=O) groups excluding carboxylic acids is 4. The van der Waals surface area contributed by atoms with E-state index >= 15 is 0 Å². The lowest BCUT2D eigenvalue weighted by molar-refractivity contribution is -0.161. The molecule has 0 rings (SSSR count). The second-order valence-electron chi connectivity index (χ2n) is 28.9. The van der Waals surface area contributed by atoms with E-state index in [4.69, 9.17) is 37.0 Å². The van der Waals surface area contributed by atoms with Gasteiger partial charge in [0.2, 0.25) is 0 Å². The van der Waals surface area contributed by atoms with Crippen molar-refractivity contribution in [3.05, 3.63) is 0 Å². The standard InChI is InChI=1S/C77H150O17P2/c1-8-10-11-12-13-14-15-16-24-27-30-36-44-51-58-74(79)87-64-72(93-76(81)60-53-46-37-31-28-25-22-20-18-17-19-21-23-26-29-35-43-50-57-70(7)9-2)66-91-95(83,84)89-62-71(78)63-90-96(85,86)92-67-73(65-88-75(80)59-52-45-40-39-42-49-56-69(5)6)94-77(82)61-54-47-38-33-32-34-41-48-55-68(3)4/h68-73,78H,8-67H2,1-7H3,(H,83,84)(H,85,86)/t70?,71-,72-,73-/m1/s1. The largest absolute Gasteiger partial charge is 0.472 e. The van der Waals surface area contributed by atoms with Gasteiger partial charge in [-0.1, -0.05) is 344 Å². The third kappa shape index (κ3) is 69.2. The minimum absolute atomic E-state index is 0.103. The molecule has 0 saturated carbocycles. The van der Waals surface area contributed by atoms with Crippen LogP contribution in [-0.2, 0) is 65.4 Å². The topological polar surface area (TPSA) is 237 Å². The molecule has 0 aliphatic heterocycles. The van der Waals surface area contributed by atoms with E-state index in [1.807, 2.05) is 0 Å². The van der Waals surface area contributed by atoms with Crippen LogP contribution in [0.15, 0.2) is 0 Å². The smallest absolute Gasteiger partial charge is 0.462 e. The van der Waals surface area contributed by atoms with Crippen molar-refractivity contribution in [1.29, 1.82) is 0 Å². The van der Waals surface area contributed by atoms with Gasteiger partial charge in [0, 0.05) is 25.7 Å². The van der Waals surface area contributed by atoms with Crippen molar-refractivity contribution in [2.24, 2.45) is 17.8 Å². The van der Waals surface area contributed by atoms with Crippen LogP contribution in [0.3, 0.4) is 0 Å². The molecule has 0 fully saturated rings. The average molecular weight is 1410 g/mol. The zero-order valence-electron chi connectivity index (χ0n) is 62.8. The molecule has 17 nitrogen and oxygen atoms in total. The highest BCUT2D eigenvalue weighted by Crippen LogP contribution is 2.45. The Morgan fingerprint density at radius 2 is 0.531 bits per heavy atom. The van der Waals surface area contributed by atoms with Crippen LogP contribution in [0.5, 0.6) is 0 Å². The fraction of sp³-hybridized carbons (Fsp3) is 0.948. The minimum atomic E-state index is -4.96. The van der Waals surface area contributed by atoms with E-state index in [1.165, 1.54) is 199 Å². The molecule has 0 aromatic rings. The number of phosphoric ester groups is 2. The zero-order valence-corrected chi connectivity index (χ0v) is 64.6. The second kappa shape index (κ2) is 67.5. The molecule has 0 aromatic heterocycles. The molecule has 0 radical (unpaired) electrons. The van der Waals surface area contributed by atoms with Crippen LogP contribution in [0.2, 0.25) is 0 Å². The summed E-state index contributed by atoms with van der Waals surface area (Å²) in [5.41, 5.74) is 0. The Bertz CT molecular complexity index is 1870. The molecule has 0 heterocycles. The molecule has 6 atom stereocenters. The third-order valence-corrected chi connectivity index (χ3v) is 20.1. The summed E-state index contributed by atoms with van der Waals surface area (Å²) >= 11 is 0. The van der Waals surface area contributed by atoms with E-state index in [2.05, 4.69) is 48.5 Å². The molecule has 19 heteroatoms. The van der Waals surface area contributed by atoms with Crippen LogP contribution in [0.1, 0.15) is 395 Å². The van der Waals surface area contributed by atoms with Crippen LogP contribution in [-0.4, -0.2) is 96.7 Å². The van der Waals surface area contributed by atoms with Gasteiger partial charge in [-0.15, -0.1) is 0 Å². The lowest BCUT2D eigenvalue weighted by Gasteiger charge is -2.21. The third-order valence-electron chi connectivity index (χ3n) is 18.2.